The molecule has 2 N–H and O–H groups in total. The van der Waals surface area contributed by atoms with Gasteiger partial charge in [-0.05, 0) is 31.2 Å². The van der Waals surface area contributed by atoms with E-state index in [0.717, 1.165) is 24.2 Å². The second-order valence-electron chi connectivity index (χ2n) is 5.64. The highest BCUT2D eigenvalue weighted by atomic mass is 16.1. The molecule has 0 bridgehead atoms. The average molecular weight is 307 g/mol. The lowest BCUT2D eigenvalue weighted by molar-refractivity contribution is -0.107. The number of para-hydroxylation sites is 1. The first-order valence-electron chi connectivity index (χ1n) is 7.85. The van der Waals surface area contributed by atoms with Gasteiger partial charge in [0.1, 0.15) is 6.29 Å². The summed E-state index contributed by atoms with van der Waals surface area (Å²) in [5, 5.41) is 7.77. The number of aldehydes is 1. The van der Waals surface area contributed by atoms with Gasteiger partial charge in [-0.3, -0.25) is 0 Å². The molecule has 0 saturated heterocycles. The highest BCUT2D eigenvalue weighted by Gasteiger charge is 2.14. The lowest BCUT2D eigenvalue weighted by atomic mass is 10.2. The number of benzene rings is 1. The molecule has 4 heteroatoms. The zero-order valence-electron chi connectivity index (χ0n) is 13.2. The van der Waals surface area contributed by atoms with Crippen molar-refractivity contribution in [3.63, 3.8) is 0 Å². The number of carbonyl (C=O) groups excluding carboxylic acids is 1. The maximum Gasteiger partial charge on any atom is 0.133 e. The van der Waals surface area contributed by atoms with Gasteiger partial charge in [0, 0.05) is 29.7 Å². The first-order chi connectivity index (χ1) is 11.3. The van der Waals surface area contributed by atoms with E-state index < -0.39 is 0 Å². The maximum absolute atomic E-state index is 10.6. The predicted molar refractivity (Wildman–Crippen MR) is 94.9 cm³/mol. The Morgan fingerprint density at radius 2 is 2.13 bits per heavy atom. The summed E-state index contributed by atoms with van der Waals surface area (Å²) in [5.74, 6) is 0. The Labute approximate surface area is 136 Å². The second kappa shape index (κ2) is 7.11. The summed E-state index contributed by atoms with van der Waals surface area (Å²) in [6, 6.07) is 10.8. The molecule has 0 radical (unpaired) electrons. The normalized spacial score (nSPS) is 15.1. The molecule has 1 aromatic heterocycles. The van der Waals surface area contributed by atoms with Crippen LogP contribution in [0.25, 0.3) is 16.6 Å². The van der Waals surface area contributed by atoms with Gasteiger partial charge in [-0.25, -0.2) is 0 Å². The number of nitrogens with zero attached hydrogens (tertiary/aromatic N) is 1. The van der Waals surface area contributed by atoms with Gasteiger partial charge in [0.15, 0.2) is 0 Å². The van der Waals surface area contributed by atoms with Crippen molar-refractivity contribution < 1.29 is 4.79 Å². The standard InChI is InChI=1S/C19H21N3O/c1-15(20-11-12-23)14-22-18-9-5-4-7-16(18)13-19(22)17-8-3-2-6-10-21-17/h2-10,12-13,15,20-21H,11,14H2,1H3/t15-/m0/s1. The van der Waals surface area contributed by atoms with Crippen molar-refractivity contribution in [1.82, 2.24) is 15.2 Å². The molecular formula is C19H21N3O. The third kappa shape index (κ3) is 3.43. The van der Waals surface area contributed by atoms with Crippen LogP contribution in [0.2, 0.25) is 0 Å². The molecule has 0 unspecified atom stereocenters. The maximum atomic E-state index is 10.6. The molecule has 0 fully saturated rings. The Balaban J connectivity index is 2.01. The second-order valence-corrected chi connectivity index (χ2v) is 5.64. The molecule has 1 aliphatic heterocycles. The molecule has 1 atom stereocenters. The molecule has 0 spiro atoms. The summed E-state index contributed by atoms with van der Waals surface area (Å²) in [6.07, 6.45) is 10.9. The molecule has 4 nitrogen and oxygen atoms in total. The molecule has 3 rings (SSSR count). The van der Waals surface area contributed by atoms with E-state index in [-0.39, 0.29) is 6.04 Å². The van der Waals surface area contributed by atoms with E-state index in [1.165, 1.54) is 10.9 Å². The first-order valence-corrected chi connectivity index (χ1v) is 7.85. The zero-order valence-corrected chi connectivity index (χ0v) is 13.2. The molecule has 0 saturated carbocycles. The van der Waals surface area contributed by atoms with Crippen LogP contribution in [0.5, 0.6) is 0 Å². The van der Waals surface area contributed by atoms with Crippen LogP contribution in [0.4, 0.5) is 0 Å². The SMILES string of the molecule is C[C@@H](Cn1c(C2=CC=CC=CN2)cc2ccccc21)NCC=O. The number of rotatable bonds is 6. The van der Waals surface area contributed by atoms with Crippen molar-refractivity contribution in [3.8, 4) is 0 Å². The predicted octanol–water partition coefficient (Wildman–Crippen LogP) is 2.83. The van der Waals surface area contributed by atoms with Crippen LogP contribution < -0.4 is 10.6 Å². The average Bonchev–Trinajstić information content (AvgIpc) is 2.75. The van der Waals surface area contributed by atoms with E-state index >= 15 is 0 Å². The van der Waals surface area contributed by atoms with Crippen LogP contribution in [-0.4, -0.2) is 23.4 Å². The van der Waals surface area contributed by atoms with Crippen LogP contribution in [0, 0.1) is 0 Å². The summed E-state index contributed by atoms with van der Waals surface area (Å²) in [6.45, 7) is 3.27. The number of hydrogen-bond donors (Lipinski definition) is 2. The first kappa shape index (κ1) is 15.3. The largest absolute Gasteiger partial charge is 0.360 e. The Kier molecular flexibility index (Phi) is 4.74. The molecule has 0 amide bonds. The highest BCUT2D eigenvalue weighted by Crippen LogP contribution is 2.25. The van der Waals surface area contributed by atoms with Gasteiger partial charge in [0.05, 0.1) is 17.9 Å². The van der Waals surface area contributed by atoms with Gasteiger partial charge < -0.3 is 20.0 Å². The smallest absolute Gasteiger partial charge is 0.133 e. The van der Waals surface area contributed by atoms with Crippen LogP contribution in [0.15, 0.2) is 60.8 Å². The van der Waals surface area contributed by atoms with Crippen molar-refractivity contribution >= 4 is 22.9 Å². The monoisotopic (exact) mass is 307 g/mol. The zero-order chi connectivity index (χ0) is 16.1. The Morgan fingerprint density at radius 3 is 3.00 bits per heavy atom. The molecule has 2 heterocycles. The summed E-state index contributed by atoms with van der Waals surface area (Å²) in [5.41, 5.74) is 3.40. The molecule has 0 aliphatic carbocycles. The van der Waals surface area contributed by atoms with E-state index in [0.29, 0.717) is 6.54 Å². The lowest BCUT2D eigenvalue weighted by Crippen LogP contribution is -2.32. The van der Waals surface area contributed by atoms with Crippen molar-refractivity contribution in [2.24, 2.45) is 0 Å². The minimum absolute atomic E-state index is 0.201. The topological polar surface area (TPSA) is 46.1 Å². The quantitative estimate of drug-likeness (QED) is 0.807. The number of carbonyl (C=O) groups is 1. The Morgan fingerprint density at radius 1 is 1.26 bits per heavy atom. The number of allylic oxidation sites excluding steroid dienone is 4. The van der Waals surface area contributed by atoms with Crippen molar-refractivity contribution in [2.45, 2.75) is 19.5 Å². The van der Waals surface area contributed by atoms with Gasteiger partial charge in [-0.15, -0.1) is 0 Å². The van der Waals surface area contributed by atoms with E-state index in [1.807, 2.05) is 24.4 Å². The van der Waals surface area contributed by atoms with Gasteiger partial charge in [-0.2, -0.15) is 0 Å². The third-order valence-corrected chi connectivity index (χ3v) is 3.91. The van der Waals surface area contributed by atoms with Crippen LogP contribution in [0.1, 0.15) is 12.6 Å². The van der Waals surface area contributed by atoms with Crippen LogP contribution in [-0.2, 0) is 11.3 Å². The molecule has 23 heavy (non-hydrogen) atoms. The van der Waals surface area contributed by atoms with Crippen molar-refractivity contribution in [1.29, 1.82) is 0 Å². The molecule has 118 valence electrons. The molecular weight excluding hydrogens is 286 g/mol. The van der Waals surface area contributed by atoms with E-state index in [4.69, 9.17) is 0 Å². The molecule has 1 aromatic carbocycles. The summed E-state index contributed by atoms with van der Waals surface area (Å²) in [4.78, 5) is 10.6. The number of fused-ring (bicyclic) bond motifs is 1. The minimum atomic E-state index is 0.201. The van der Waals surface area contributed by atoms with Gasteiger partial charge in [0.25, 0.3) is 0 Å². The number of nitrogens with one attached hydrogen (secondary N) is 2. The van der Waals surface area contributed by atoms with Gasteiger partial charge in [-0.1, -0.05) is 30.4 Å². The van der Waals surface area contributed by atoms with E-state index in [1.54, 1.807) is 0 Å². The van der Waals surface area contributed by atoms with Gasteiger partial charge in [0.2, 0.25) is 0 Å². The Bertz CT molecular complexity index is 783. The van der Waals surface area contributed by atoms with Crippen molar-refractivity contribution in [2.75, 3.05) is 6.54 Å². The van der Waals surface area contributed by atoms with Crippen LogP contribution in [0.3, 0.4) is 0 Å². The third-order valence-electron chi connectivity index (χ3n) is 3.91. The fourth-order valence-electron chi connectivity index (χ4n) is 2.83. The fraction of sp³-hybridized carbons (Fsp3) is 0.211. The van der Waals surface area contributed by atoms with Crippen molar-refractivity contribution in [3.05, 3.63) is 66.5 Å². The molecule has 1 aliphatic rings. The summed E-state index contributed by atoms with van der Waals surface area (Å²) < 4.78 is 2.30. The highest BCUT2D eigenvalue weighted by molar-refractivity contribution is 5.86. The number of hydrogen-bond acceptors (Lipinski definition) is 3. The molecule has 2 aromatic rings. The summed E-state index contributed by atoms with van der Waals surface area (Å²) >= 11 is 0. The van der Waals surface area contributed by atoms with E-state index in [2.05, 4.69) is 58.5 Å². The van der Waals surface area contributed by atoms with Gasteiger partial charge >= 0.3 is 0 Å². The summed E-state index contributed by atoms with van der Waals surface area (Å²) in [7, 11) is 0. The fourth-order valence-corrected chi connectivity index (χ4v) is 2.83. The van der Waals surface area contributed by atoms with Crippen LogP contribution >= 0.6 is 0 Å². The van der Waals surface area contributed by atoms with E-state index in [9.17, 15) is 4.79 Å². The minimum Gasteiger partial charge on any atom is -0.360 e. The number of aromatic nitrogens is 1. The lowest BCUT2D eigenvalue weighted by Gasteiger charge is -2.18. The Hall–Kier alpha value is -2.59.